The van der Waals surface area contributed by atoms with Crippen LogP contribution in [0.5, 0.6) is 11.5 Å². The van der Waals surface area contributed by atoms with E-state index in [9.17, 15) is 9.59 Å². The fourth-order valence-corrected chi connectivity index (χ4v) is 3.73. The van der Waals surface area contributed by atoms with Gasteiger partial charge in [0.15, 0.2) is 0 Å². The van der Waals surface area contributed by atoms with Gasteiger partial charge in [0.25, 0.3) is 0 Å². The summed E-state index contributed by atoms with van der Waals surface area (Å²) in [6.07, 6.45) is 0.723. The van der Waals surface area contributed by atoms with Crippen molar-refractivity contribution < 1.29 is 14.3 Å². The van der Waals surface area contributed by atoms with Gasteiger partial charge in [0.05, 0.1) is 19.4 Å². The molecule has 0 saturated heterocycles. The molecule has 1 aromatic heterocycles. The van der Waals surface area contributed by atoms with Gasteiger partial charge in [-0.25, -0.2) is 9.59 Å². The monoisotopic (exact) mass is 473 g/mol. The molecule has 0 bridgehead atoms. The van der Waals surface area contributed by atoms with E-state index in [1.54, 1.807) is 24.3 Å². The number of hydrogen-bond donors (Lipinski definition) is 0. The maximum Gasteiger partial charge on any atom is 0.377 e. The number of carbonyl (C=O) groups excluding carboxylic acids is 1. The summed E-state index contributed by atoms with van der Waals surface area (Å²) in [6.45, 7) is 4.49. The molecule has 0 aliphatic rings. The highest BCUT2D eigenvalue weighted by Crippen LogP contribution is 2.30. The molecular formula is C26H27N5O4. The lowest BCUT2D eigenvalue weighted by Gasteiger charge is -2.23. The first-order valence-electron chi connectivity index (χ1n) is 11.3. The molecule has 0 saturated carbocycles. The van der Waals surface area contributed by atoms with E-state index in [1.807, 2.05) is 62.4 Å². The Bertz CT molecular complexity index is 1360. The normalized spacial score (nSPS) is 10.7. The van der Waals surface area contributed by atoms with Crippen LogP contribution < -0.4 is 20.1 Å². The Balaban J connectivity index is 1.62. The van der Waals surface area contributed by atoms with Gasteiger partial charge < -0.3 is 9.47 Å². The third kappa shape index (κ3) is 5.08. The van der Waals surface area contributed by atoms with E-state index in [0.29, 0.717) is 36.0 Å². The lowest BCUT2D eigenvalue weighted by Crippen LogP contribution is -2.41. The van der Waals surface area contributed by atoms with Crippen molar-refractivity contribution >= 4 is 11.7 Å². The fourth-order valence-electron chi connectivity index (χ4n) is 3.73. The SMILES string of the molecule is CCN(C(=O)n1nnn(-c2ccccc2OC)c1=O)c1cc(C)ccc1OCCc1ccccc1. The molecule has 0 N–H and O–H groups in total. The molecule has 0 spiro atoms. The standard InChI is InChI=1S/C26H27N5O4/c1-4-29(22-18-19(2)14-15-24(22)35-17-16-20-10-6-5-7-11-20)25(32)31-26(33)30(27-28-31)21-12-8-9-13-23(21)34-3/h5-15,18H,4,16-17H2,1-3H3. The largest absolute Gasteiger partial charge is 0.494 e. The Morgan fingerprint density at radius 1 is 0.971 bits per heavy atom. The van der Waals surface area contributed by atoms with Gasteiger partial charge in [-0.15, -0.1) is 4.68 Å². The van der Waals surface area contributed by atoms with E-state index in [4.69, 9.17) is 9.47 Å². The number of amides is 1. The van der Waals surface area contributed by atoms with Crippen LogP contribution in [0.25, 0.3) is 5.69 Å². The van der Waals surface area contributed by atoms with Crippen molar-refractivity contribution in [1.29, 1.82) is 0 Å². The molecule has 0 unspecified atom stereocenters. The Hall–Kier alpha value is -4.40. The zero-order valence-electron chi connectivity index (χ0n) is 19.9. The number of para-hydroxylation sites is 2. The average Bonchev–Trinajstić information content (AvgIpc) is 3.27. The first-order chi connectivity index (χ1) is 17.0. The average molecular weight is 474 g/mol. The first kappa shape index (κ1) is 23.7. The minimum absolute atomic E-state index is 0.297. The molecule has 0 aliphatic carbocycles. The van der Waals surface area contributed by atoms with Crippen LogP contribution in [0.1, 0.15) is 18.1 Å². The number of carbonyl (C=O) groups is 1. The van der Waals surface area contributed by atoms with Crippen LogP contribution in [0.2, 0.25) is 0 Å². The first-order valence-corrected chi connectivity index (χ1v) is 11.3. The van der Waals surface area contributed by atoms with E-state index in [0.717, 1.165) is 26.9 Å². The lowest BCUT2D eigenvalue weighted by atomic mass is 10.1. The molecular weight excluding hydrogens is 446 g/mol. The van der Waals surface area contributed by atoms with Crippen LogP contribution in [-0.4, -0.2) is 46.1 Å². The summed E-state index contributed by atoms with van der Waals surface area (Å²) >= 11 is 0. The van der Waals surface area contributed by atoms with E-state index in [1.165, 1.54) is 12.0 Å². The van der Waals surface area contributed by atoms with Gasteiger partial charge in [0.2, 0.25) is 0 Å². The highest BCUT2D eigenvalue weighted by Gasteiger charge is 2.25. The number of aromatic nitrogens is 4. The summed E-state index contributed by atoms with van der Waals surface area (Å²) in [5.41, 5.74) is 2.36. The Kier molecular flexibility index (Phi) is 7.25. The summed E-state index contributed by atoms with van der Waals surface area (Å²) < 4.78 is 13.2. The van der Waals surface area contributed by atoms with Crippen LogP contribution in [-0.2, 0) is 6.42 Å². The quantitative estimate of drug-likeness (QED) is 0.361. The maximum atomic E-state index is 13.4. The summed E-state index contributed by atoms with van der Waals surface area (Å²) in [5, 5.41) is 7.75. The Morgan fingerprint density at radius 2 is 1.71 bits per heavy atom. The molecule has 1 amide bonds. The second-order valence-electron chi connectivity index (χ2n) is 7.84. The maximum absolute atomic E-state index is 13.4. The van der Waals surface area contributed by atoms with Crippen molar-refractivity contribution in [3.8, 4) is 17.2 Å². The van der Waals surface area contributed by atoms with Crippen LogP contribution in [0.3, 0.4) is 0 Å². The van der Waals surface area contributed by atoms with Crippen molar-refractivity contribution in [2.75, 3.05) is 25.2 Å². The molecule has 1 heterocycles. The molecule has 4 aromatic rings. The number of hydrogen-bond acceptors (Lipinski definition) is 6. The molecule has 0 fully saturated rings. The van der Waals surface area contributed by atoms with Crippen LogP contribution >= 0.6 is 0 Å². The van der Waals surface area contributed by atoms with Crippen LogP contribution in [0.4, 0.5) is 10.5 Å². The van der Waals surface area contributed by atoms with Gasteiger partial charge in [-0.2, -0.15) is 4.68 Å². The Labute approximate surface area is 203 Å². The predicted octanol–water partition coefficient (Wildman–Crippen LogP) is 3.86. The highest BCUT2D eigenvalue weighted by molar-refractivity contribution is 5.94. The zero-order chi connectivity index (χ0) is 24.8. The van der Waals surface area contributed by atoms with Crippen LogP contribution in [0.15, 0.2) is 77.6 Å². The number of tetrazole rings is 1. The van der Waals surface area contributed by atoms with Crippen molar-refractivity contribution in [2.45, 2.75) is 20.3 Å². The zero-order valence-corrected chi connectivity index (χ0v) is 19.9. The molecule has 9 nitrogen and oxygen atoms in total. The number of rotatable bonds is 8. The summed E-state index contributed by atoms with van der Waals surface area (Å²) in [6, 6.07) is 21.9. The second kappa shape index (κ2) is 10.7. The van der Waals surface area contributed by atoms with E-state index in [-0.39, 0.29) is 0 Å². The summed E-state index contributed by atoms with van der Waals surface area (Å²) in [4.78, 5) is 28.0. The van der Waals surface area contributed by atoms with Crippen molar-refractivity contribution in [3.63, 3.8) is 0 Å². The third-order valence-electron chi connectivity index (χ3n) is 5.52. The summed E-state index contributed by atoms with van der Waals surface area (Å²) in [5.74, 6) is 0.987. The molecule has 180 valence electrons. The van der Waals surface area contributed by atoms with Gasteiger partial charge >= 0.3 is 11.7 Å². The molecule has 0 atom stereocenters. The van der Waals surface area contributed by atoms with Gasteiger partial charge in [-0.05, 0) is 59.7 Å². The number of nitrogens with zero attached hydrogens (tertiary/aromatic N) is 5. The lowest BCUT2D eigenvalue weighted by molar-refractivity contribution is 0.243. The minimum atomic E-state index is -0.697. The van der Waals surface area contributed by atoms with Gasteiger partial charge in [0.1, 0.15) is 17.2 Å². The molecule has 9 heteroatoms. The molecule has 3 aromatic carbocycles. The van der Waals surface area contributed by atoms with E-state index in [2.05, 4.69) is 10.4 Å². The number of aryl methyl sites for hydroxylation is 1. The molecule has 0 radical (unpaired) electrons. The number of ether oxygens (including phenoxy) is 2. The topological polar surface area (TPSA) is 91.5 Å². The second-order valence-corrected chi connectivity index (χ2v) is 7.84. The Morgan fingerprint density at radius 3 is 2.46 bits per heavy atom. The number of methoxy groups -OCH3 is 1. The highest BCUT2D eigenvalue weighted by atomic mass is 16.5. The van der Waals surface area contributed by atoms with Gasteiger partial charge in [0, 0.05) is 13.0 Å². The van der Waals surface area contributed by atoms with Crippen molar-refractivity contribution in [1.82, 2.24) is 19.8 Å². The van der Waals surface area contributed by atoms with Gasteiger partial charge in [-0.3, -0.25) is 4.90 Å². The predicted molar refractivity (Wildman–Crippen MR) is 133 cm³/mol. The van der Waals surface area contributed by atoms with E-state index < -0.39 is 11.7 Å². The van der Waals surface area contributed by atoms with Crippen LogP contribution in [0, 0.1) is 6.92 Å². The summed E-state index contributed by atoms with van der Waals surface area (Å²) in [7, 11) is 1.50. The fraction of sp³-hybridized carbons (Fsp3) is 0.231. The number of benzene rings is 3. The minimum Gasteiger partial charge on any atom is -0.494 e. The van der Waals surface area contributed by atoms with Crippen molar-refractivity contribution in [2.24, 2.45) is 0 Å². The molecule has 0 aliphatic heterocycles. The molecule has 4 rings (SSSR count). The van der Waals surface area contributed by atoms with Crippen molar-refractivity contribution in [3.05, 3.63) is 94.4 Å². The van der Waals surface area contributed by atoms with E-state index >= 15 is 0 Å². The van der Waals surface area contributed by atoms with Gasteiger partial charge in [-0.1, -0.05) is 48.5 Å². The smallest absolute Gasteiger partial charge is 0.377 e. The third-order valence-corrected chi connectivity index (χ3v) is 5.52. The number of anilines is 1. The molecule has 35 heavy (non-hydrogen) atoms.